The number of benzene rings is 3. The van der Waals surface area contributed by atoms with E-state index in [1.165, 1.54) is 11.1 Å². The lowest BCUT2D eigenvalue weighted by Crippen LogP contribution is -2.32. The van der Waals surface area contributed by atoms with E-state index in [4.69, 9.17) is 14.2 Å². The summed E-state index contributed by atoms with van der Waals surface area (Å²) in [4.78, 5) is 2.47. The molecule has 1 aliphatic rings. The van der Waals surface area contributed by atoms with Crippen LogP contribution in [-0.2, 0) is 19.4 Å². The number of ether oxygens (including phenoxy) is 3. The van der Waals surface area contributed by atoms with Crippen LogP contribution in [0.2, 0.25) is 0 Å². The van der Waals surface area contributed by atoms with Crippen molar-refractivity contribution in [1.82, 2.24) is 4.90 Å². The third-order valence-electron chi connectivity index (χ3n) is 6.22. The molecule has 0 unspecified atom stereocenters. The number of hydrogen-bond donors (Lipinski definition) is 1. The molecule has 3 aromatic rings. The van der Waals surface area contributed by atoms with Crippen LogP contribution >= 0.6 is 0 Å². The Balaban J connectivity index is 1.64. The summed E-state index contributed by atoms with van der Waals surface area (Å²) in [7, 11) is 4.86. The topological polar surface area (TPSA) is 51.2 Å². The first-order chi connectivity index (χ1) is 15.6. The predicted octanol–water partition coefficient (Wildman–Crippen LogP) is 5.08. The number of phenols is 1. The molecule has 0 amide bonds. The van der Waals surface area contributed by atoms with Gasteiger partial charge in [-0.1, -0.05) is 30.3 Å². The Labute approximate surface area is 190 Å². The number of rotatable bonds is 8. The number of nitrogens with zero attached hydrogens (tertiary/aromatic N) is 1. The van der Waals surface area contributed by atoms with Crippen LogP contribution in [0.1, 0.15) is 23.1 Å². The first-order valence-corrected chi connectivity index (χ1v) is 11.0. The summed E-state index contributed by atoms with van der Waals surface area (Å²) >= 11 is 0. The highest BCUT2D eigenvalue weighted by Gasteiger charge is 2.26. The third kappa shape index (κ3) is 4.53. The molecule has 5 nitrogen and oxygen atoms in total. The predicted molar refractivity (Wildman–Crippen MR) is 127 cm³/mol. The van der Waals surface area contributed by atoms with Crippen LogP contribution in [0.5, 0.6) is 23.0 Å². The highest BCUT2D eigenvalue weighted by molar-refractivity contribution is 5.82. The zero-order chi connectivity index (χ0) is 22.5. The molecule has 0 atom stereocenters. The van der Waals surface area contributed by atoms with Crippen molar-refractivity contribution in [1.29, 1.82) is 0 Å². The summed E-state index contributed by atoms with van der Waals surface area (Å²) in [6, 6.07) is 18.3. The second-order valence-corrected chi connectivity index (χ2v) is 8.12. The monoisotopic (exact) mass is 433 g/mol. The molecule has 1 aliphatic heterocycles. The minimum Gasteiger partial charge on any atom is -0.504 e. The van der Waals surface area contributed by atoms with Gasteiger partial charge in [-0.25, -0.2) is 0 Å². The molecule has 1 heterocycles. The molecule has 0 aliphatic carbocycles. The van der Waals surface area contributed by atoms with Crippen molar-refractivity contribution in [2.75, 3.05) is 34.4 Å². The number of methoxy groups -OCH3 is 3. The highest BCUT2D eigenvalue weighted by Crippen LogP contribution is 2.47. The fraction of sp³-hybridized carbons (Fsp3) is 0.333. The molecule has 0 fully saturated rings. The lowest BCUT2D eigenvalue weighted by Gasteiger charge is -2.31. The summed E-state index contributed by atoms with van der Waals surface area (Å²) in [6.45, 7) is 2.79. The van der Waals surface area contributed by atoms with E-state index in [9.17, 15) is 5.11 Å². The van der Waals surface area contributed by atoms with Crippen molar-refractivity contribution in [3.63, 3.8) is 0 Å². The van der Waals surface area contributed by atoms with Gasteiger partial charge < -0.3 is 19.3 Å². The van der Waals surface area contributed by atoms with Gasteiger partial charge in [0.1, 0.15) is 11.5 Å². The number of aryl methyl sites for hydroxylation is 1. The van der Waals surface area contributed by atoms with Crippen LogP contribution in [0.3, 0.4) is 0 Å². The molecule has 0 radical (unpaired) electrons. The Morgan fingerprint density at radius 2 is 1.69 bits per heavy atom. The second-order valence-electron chi connectivity index (χ2n) is 8.12. The van der Waals surface area contributed by atoms with Crippen LogP contribution in [0.15, 0.2) is 54.6 Å². The minimum absolute atomic E-state index is 0.154. The standard InChI is InChI=1S/C27H31NO4/c1-30-21-11-12-22(24(17-21)31-2)26-23-18-28(14-7-10-19-8-5-4-6-9-19)15-13-20(23)16-25(32-3)27(26)29/h4-6,8-9,11-12,16-17,29H,7,10,13-15,18H2,1-3H3. The van der Waals surface area contributed by atoms with Gasteiger partial charge in [0.15, 0.2) is 11.5 Å². The quantitative estimate of drug-likeness (QED) is 0.537. The molecule has 0 bridgehead atoms. The summed E-state index contributed by atoms with van der Waals surface area (Å²) in [5.74, 6) is 2.02. The highest BCUT2D eigenvalue weighted by atomic mass is 16.5. The average Bonchev–Trinajstić information content (AvgIpc) is 2.84. The Bertz CT molecular complexity index is 1060. The van der Waals surface area contributed by atoms with Gasteiger partial charge in [-0.05, 0) is 60.7 Å². The molecule has 5 heteroatoms. The Morgan fingerprint density at radius 3 is 2.41 bits per heavy atom. The Morgan fingerprint density at radius 1 is 0.906 bits per heavy atom. The van der Waals surface area contributed by atoms with Gasteiger partial charge in [-0.3, -0.25) is 4.90 Å². The maximum atomic E-state index is 11.1. The maximum Gasteiger partial charge on any atom is 0.166 e. The molecular formula is C27H31NO4. The van der Waals surface area contributed by atoms with Crippen LogP contribution in [0.25, 0.3) is 11.1 Å². The van der Waals surface area contributed by atoms with Crippen molar-refractivity contribution >= 4 is 0 Å². The first-order valence-electron chi connectivity index (χ1n) is 11.0. The number of fused-ring (bicyclic) bond motifs is 1. The van der Waals surface area contributed by atoms with Crippen molar-refractivity contribution in [3.8, 4) is 34.1 Å². The zero-order valence-electron chi connectivity index (χ0n) is 19.1. The SMILES string of the molecule is COc1ccc(-c2c(O)c(OC)cc3c2CN(CCCc2ccccc2)CC3)c(OC)c1. The van der Waals surface area contributed by atoms with Gasteiger partial charge in [-0.2, -0.15) is 0 Å². The fourth-order valence-corrected chi connectivity index (χ4v) is 4.52. The number of hydrogen-bond acceptors (Lipinski definition) is 5. The normalized spacial score (nSPS) is 13.5. The van der Waals surface area contributed by atoms with E-state index in [-0.39, 0.29) is 5.75 Å². The minimum atomic E-state index is 0.154. The van der Waals surface area contributed by atoms with E-state index in [0.717, 1.165) is 55.6 Å². The zero-order valence-corrected chi connectivity index (χ0v) is 19.1. The van der Waals surface area contributed by atoms with E-state index >= 15 is 0 Å². The molecule has 4 rings (SSSR count). The Hall–Kier alpha value is -3.18. The molecule has 0 spiro atoms. The van der Waals surface area contributed by atoms with Crippen molar-refractivity contribution in [2.45, 2.75) is 25.8 Å². The summed E-state index contributed by atoms with van der Waals surface area (Å²) in [6.07, 6.45) is 3.09. The van der Waals surface area contributed by atoms with Gasteiger partial charge in [0, 0.05) is 30.3 Å². The molecule has 32 heavy (non-hydrogen) atoms. The first kappa shape index (κ1) is 22.0. The second kappa shape index (κ2) is 9.96. The smallest absolute Gasteiger partial charge is 0.166 e. The average molecular weight is 434 g/mol. The van der Waals surface area contributed by atoms with Crippen LogP contribution < -0.4 is 14.2 Å². The molecule has 1 N–H and O–H groups in total. The van der Waals surface area contributed by atoms with Crippen LogP contribution in [-0.4, -0.2) is 44.4 Å². The number of aromatic hydroxyl groups is 1. The molecule has 0 aromatic heterocycles. The van der Waals surface area contributed by atoms with Gasteiger partial charge in [0.2, 0.25) is 0 Å². The van der Waals surface area contributed by atoms with E-state index in [0.29, 0.717) is 17.2 Å². The van der Waals surface area contributed by atoms with E-state index in [1.54, 1.807) is 21.3 Å². The lowest BCUT2D eigenvalue weighted by atomic mass is 9.89. The van der Waals surface area contributed by atoms with Crippen LogP contribution in [0, 0.1) is 0 Å². The summed E-state index contributed by atoms with van der Waals surface area (Å²) < 4.78 is 16.5. The molecule has 3 aromatic carbocycles. The summed E-state index contributed by atoms with van der Waals surface area (Å²) in [5.41, 5.74) is 5.35. The lowest BCUT2D eigenvalue weighted by molar-refractivity contribution is 0.250. The Kier molecular flexibility index (Phi) is 6.86. The summed E-state index contributed by atoms with van der Waals surface area (Å²) in [5, 5.41) is 11.1. The van der Waals surface area contributed by atoms with Gasteiger partial charge in [0.05, 0.1) is 21.3 Å². The molecule has 0 saturated heterocycles. The van der Waals surface area contributed by atoms with Gasteiger partial charge in [0.25, 0.3) is 0 Å². The molecular weight excluding hydrogens is 402 g/mol. The maximum absolute atomic E-state index is 11.1. The van der Waals surface area contributed by atoms with Gasteiger partial charge in [-0.15, -0.1) is 0 Å². The van der Waals surface area contributed by atoms with Crippen LogP contribution in [0.4, 0.5) is 0 Å². The third-order valence-corrected chi connectivity index (χ3v) is 6.22. The van der Waals surface area contributed by atoms with Crippen molar-refractivity contribution in [2.24, 2.45) is 0 Å². The molecule has 168 valence electrons. The van der Waals surface area contributed by atoms with E-state index < -0.39 is 0 Å². The molecule has 0 saturated carbocycles. The largest absolute Gasteiger partial charge is 0.504 e. The van der Waals surface area contributed by atoms with Gasteiger partial charge >= 0.3 is 0 Å². The van der Waals surface area contributed by atoms with Crippen molar-refractivity contribution in [3.05, 3.63) is 71.3 Å². The fourth-order valence-electron chi connectivity index (χ4n) is 4.52. The number of phenolic OH excluding ortho intramolecular Hbond substituents is 1. The van der Waals surface area contributed by atoms with E-state index in [1.807, 2.05) is 24.3 Å². The van der Waals surface area contributed by atoms with E-state index in [2.05, 4.69) is 35.2 Å². The van der Waals surface area contributed by atoms with Crippen molar-refractivity contribution < 1.29 is 19.3 Å².